The van der Waals surface area contributed by atoms with Gasteiger partial charge in [0, 0.05) is 18.9 Å². The van der Waals surface area contributed by atoms with Crippen LogP contribution in [0.25, 0.3) is 0 Å². The number of hydrogen-bond donors (Lipinski definition) is 1. The Bertz CT molecular complexity index is 367. The van der Waals surface area contributed by atoms with E-state index in [0.29, 0.717) is 5.92 Å². The van der Waals surface area contributed by atoms with E-state index in [9.17, 15) is 5.11 Å². The Balaban J connectivity index is 1.93. The Morgan fingerprint density at radius 1 is 1.26 bits per heavy atom. The summed E-state index contributed by atoms with van der Waals surface area (Å²) in [4.78, 5) is 4.38. The predicted molar refractivity (Wildman–Crippen MR) is 77.8 cm³/mol. The van der Waals surface area contributed by atoms with Gasteiger partial charge in [-0.2, -0.15) is 0 Å². The highest BCUT2D eigenvalue weighted by Gasteiger charge is 2.29. The van der Waals surface area contributed by atoms with Crippen molar-refractivity contribution in [2.24, 2.45) is 11.8 Å². The molecule has 0 radical (unpaired) electrons. The average molecular weight is 264 g/mol. The summed E-state index contributed by atoms with van der Waals surface area (Å²) in [7, 11) is 0. The van der Waals surface area contributed by atoms with E-state index in [1.807, 2.05) is 12.4 Å². The number of aryl methyl sites for hydroxylation is 1. The van der Waals surface area contributed by atoms with E-state index < -0.39 is 0 Å². The van der Waals surface area contributed by atoms with E-state index in [2.05, 4.69) is 23.4 Å². The van der Waals surface area contributed by atoms with Crippen LogP contribution in [0.2, 0.25) is 0 Å². The van der Waals surface area contributed by atoms with Crippen LogP contribution >= 0.6 is 0 Å². The summed E-state index contributed by atoms with van der Waals surface area (Å²) in [6, 6.07) is 0. The van der Waals surface area contributed by atoms with Crippen LogP contribution in [-0.2, 0) is 6.54 Å². The fourth-order valence-corrected chi connectivity index (χ4v) is 3.43. The summed E-state index contributed by atoms with van der Waals surface area (Å²) in [6.45, 7) is 5.38. The van der Waals surface area contributed by atoms with Gasteiger partial charge in [0.1, 0.15) is 11.9 Å². The van der Waals surface area contributed by atoms with Crippen molar-refractivity contribution in [3.63, 3.8) is 0 Å². The molecule has 0 spiro atoms. The highest BCUT2D eigenvalue weighted by atomic mass is 16.3. The zero-order valence-electron chi connectivity index (χ0n) is 12.4. The topological polar surface area (TPSA) is 38.1 Å². The Hall–Kier alpha value is -0.830. The first kappa shape index (κ1) is 14.6. The molecule has 1 aromatic heterocycles. The van der Waals surface area contributed by atoms with Crippen LogP contribution in [0.4, 0.5) is 0 Å². The van der Waals surface area contributed by atoms with Gasteiger partial charge in [-0.25, -0.2) is 4.98 Å². The maximum Gasteiger partial charge on any atom is 0.137 e. The van der Waals surface area contributed by atoms with Crippen LogP contribution in [-0.4, -0.2) is 14.7 Å². The molecule has 1 aliphatic carbocycles. The van der Waals surface area contributed by atoms with Gasteiger partial charge < -0.3 is 9.67 Å². The molecule has 1 saturated carbocycles. The first-order valence-electron chi connectivity index (χ1n) is 7.95. The third-order valence-corrected chi connectivity index (χ3v) is 4.51. The molecule has 0 saturated heterocycles. The van der Waals surface area contributed by atoms with Gasteiger partial charge in [-0.1, -0.05) is 39.5 Å². The monoisotopic (exact) mass is 264 g/mol. The molecule has 1 atom stereocenters. The molecular weight excluding hydrogens is 236 g/mol. The largest absolute Gasteiger partial charge is 0.385 e. The molecule has 0 amide bonds. The van der Waals surface area contributed by atoms with Crippen LogP contribution in [0, 0.1) is 11.8 Å². The predicted octanol–water partition coefficient (Wildman–Crippen LogP) is 3.93. The van der Waals surface area contributed by atoms with Gasteiger partial charge >= 0.3 is 0 Å². The fourth-order valence-electron chi connectivity index (χ4n) is 3.43. The molecule has 108 valence electrons. The van der Waals surface area contributed by atoms with E-state index in [1.165, 1.54) is 25.7 Å². The van der Waals surface area contributed by atoms with Crippen molar-refractivity contribution in [2.45, 2.75) is 71.4 Å². The van der Waals surface area contributed by atoms with Crippen molar-refractivity contribution in [3.05, 3.63) is 18.2 Å². The number of aromatic nitrogens is 2. The molecule has 1 aliphatic rings. The van der Waals surface area contributed by atoms with Gasteiger partial charge in [-0.15, -0.1) is 0 Å². The number of hydrogen-bond acceptors (Lipinski definition) is 2. The van der Waals surface area contributed by atoms with E-state index in [1.54, 1.807) is 0 Å². The lowest BCUT2D eigenvalue weighted by atomic mass is 9.77. The minimum atomic E-state index is -0.371. The molecule has 1 aromatic rings. The summed E-state index contributed by atoms with van der Waals surface area (Å²) in [5.41, 5.74) is 0. The van der Waals surface area contributed by atoms with Crippen molar-refractivity contribution in [2.75, 3.05) is 0 Å². The number of imidazole rings is 1. The highest BCUT2D eigenvalue weighted by molar-refractivity contribution is 4.99. The second kappa shape index (κ2) is 7.09. The smallest absolute Gasteiger partial charge is 0.137 e. The SMILES string of the molecule is CCCC1CCC(C(O)c2nccn2CCC)CC1. The summed E-state index contributed by atoms with van der Waals surface area (Å²) in [5.74, 6) is 2.18. The standard InChI is InChI=1S/C16H28N2O/c1-3-5-13-6-8-14(9-7-13)15(19)16-17-10-12-18(16)11-4-2/h10,12-15,19H,3-9,11H2,1-2H3. The first-order chi connectivity index (χ1) is 9.26. The van der Waals surface area contributed by atoms with E-state index in [0.717, 1.165) is 37.5 Å². The molecule has 2 rings (SSSR count). The molecular formula is C16H28N2O. The third-order valence-electron chi connectivity index (χ3n) is 4.51. The normalized spacial score (nSPS) is 25.4. The average Bonchev–Trinajstić information content (AvgIpc) is 2.88. The van der Waals surface area contributed by atoms with Gasteiger partial charge in [-0.3, -0.25) is 0 Å². The quantitative estimate of drug-likeness (QED) is 0.845. The summed E-state index contributed by atoms with van der Waals surface area (Å²) in [6.07, 6.45) is 12.0. The van der Waals surface area contributed by atoms with Crippen LogP contribution in [0.1, 0.15) is 70.7 Å². The van der Waals surface area contributed by atoms with E-state index >= 15 is 0 Å². The van der Waals surface area contributed by atoms with Crippen molar-refractivity contribution in [3.8, 4) is 0 Å². The number of aliphatic hydroxyl groups is 1. The van der Waals surface area contributed by atoms with E-state index in [-0.39, 0.29) is 6.10 Å². The lowest BCUT2D eigenvalue weighted by Gasteiger charge is -2.31. The summed E-state index contributed by atoms with van der Waals surface area (Å²) >= 11 is 0. The van der Waals surface area contributed by atoms with E-state index in [4.69, 9.17) is 0 Å². The molecule has 1 unspecified atom stereocenters. The van der Waals surface area contributed by atoms with Crippen LogP contribution in [0.3, 0.4) is 0 Å². The molecule has 0 bridgehead atoms. The first-order valence-corrected chi connectivity index (χ1v) is 7.95. The molecule has 0 aliphatic heterocycles. The minimum absolute atomic E-state index is 0.371. The third kappa shape index (κ3) is 3.59. The lowest BCUT2D eigenvalue weighted by Crippen LogP contribution is -2.23. The molecule has 3 heteroatoms. The molecule has 0 aromatic carbocycles. The Kier molecular flexibility index (Phi) is 5.44. The number of nitrogens with zero attached hydrogens (tertiary/aromatic N) is 2. The summed E-state index contributed by atoms with van der Waals surface area (Å²) < 4.78 is 2.11. The molecule has 19 heavy (non-hydrogen) atoms. The van der Waals surface area contributed by atoms with Crippen molar-refractivity contribution < 1.29 is 5.11 Å². The Labute approximate surface area is 117 Å². The second-order valence-electron chi connectivity index (χ2n) is 5.99. The van der Waals surface area contributed by atoms with Gasteiger partial charge in [0.2, 0.25) is 0 Å². The number of rotatable bonds is 6. The molecule has 1 fully saturated rings. The molecule has 1 heterocycles. The zero-order chi connectivity index (χ0) is 13.7. The molecule has 1 N–H and O–H groups in total. The molecule has 3 nitrogen and oxygen atoms in total. The highest BCUT2D eigenvalue weighted by Crippen LogP contribution is 2.37. The van der Waals surface area contributed by atoms with Crippen LogP contribution < -0.4 is 0 Å². The Morgan fingerprint density at radius 3 is 2.63 bits per heavy atom. The maximum absolute atomic E-state index is 10.6. The number of aliphatic hydroxyl groups excluding tert-OH is 1. The lowest BCUT2D eigenvalue weighted by molar-refractivity contribution is 0.0623. The second-order valence-corrected chi connectivity index (χ2v) is 5.99. The van der Waals surface area contributed by atoms with Gasteiger partial charge in [0.15, 0.2) is 0 Å². The fraction of sp³-hybridized carbons (Fsp3) is 0.812. The van der Waals surface area contributed by atoms with Gasteiger partial charge in [-0.05, 0) is 31.1 Å². The van der Waals surface area contributed by atoms with Gasteiger partial charge in [0.05, 0.1) is 0 Å². The maximum atomic E-state index is 10.6. The Morgan fingerprint density at radius 2 is 2.00 bits per heavy atom. The minimum Gasteiger partial charge on any atom is -0.385 e. The van der Waals surface area contributed by atoms with Crippen molar-refractivity contribution in [1.82, 2.24) is 9.55 Å². The van der Waals surface area contributed by atoms with Crippen molar-refractivity contribution in [1.29, 1.82) is 0 Å². The van der Waals surface area contributed by atoms with Crippen molar-refractivity contribution >= 4 is 0 Å². The van der Waals surface area contributed by atoms with Crippen LogP contribution in [0.15, 0.2) is 12.4 Å². The van der Waals surface area contributed by atoms with Crippen LogP contribution in [0.5, 0.6) is 0 Å². The van der Waals surface area contributed by atoms with Gasteiger partial charge in [0.25, 0.3) is 0 Å². The summed E-state index contributed by atoms with van der Waals surface area (Å²) in [5, 5.41) is 10.6. The zero-order valence-corrected chi connectivity index (χ0v) is 12.4.